The molecule has 1 unspecified atom stereocenters. The van der Waals surface area contributed by atoms with Crippen LogP contribution >= 0.6 is 0 Å². The molecule has 0 aliphatic carbocycles. The molecule has 0 fully saturated rings. The van der Waals surface area contributed by atoms with E-state index < -0.39 is 18.2 Å². The van der Waals surface area contributed by atoms with Crippen LogP contribution in [0.1, 0.15) is 31.9 Å². The lowest BCUT2D eigenvalue weighted by molar-refractivity contribution is -0.123. The Kier molecular flexibility index (Phi) is 7.98. The monoisotopic (exact) mass is 498 g/mol. The number of nitrogens with one attached hydrogen (secondary N) is 1. The Balaban J connectivity index is 1.58. The van der Waals surface area contributed by atoms with Crippen molar-refractivity contribution in [1.29, 1.82) is 0 Å². The lowest BCUT2D eigenvalue weighted by atomic mass is 10.1. The number of carbonyl (C=O) groups excluding carboxylic acids is 3. The Hall–Kier alpha value is -4.46. The highest BCUT2D eigenvalue weighted by Gasteiger charge is 2.34. The lowest BCUT2D eigenvalue weighted by Gasteiger charge is -2.31. The first-order chi connectivity index (χ1) is 17.8. The Bertz CT molecular complexity index is 1290. The molecule has 0 spiro atoms. The van der Waals surface area contributed by atoms with Gasteiger partial charge in [-0.15, -0.1) is 0 Å². The minimum absolute atomic E-state index is 0.0547. The average Bonchev–Trinajstić information content (AvgIpc) is 2.99. The van der Waals surface area contributed by atoms with Crippen molar-refractivity contribution >= 4 is 35.0 Å². The van der Waals surface area contributed by atoms with E-state index in [0.717, 1.165) is 11.3 Å². The number of ether oxygens (including phenoxy) is 1. The highest BCUT2D eigenvalue weighted by atomic mass is 16.5. The molecule has 0 aromatic heterocycles. The Morgan fingerprint density at radius 2 is 1.59 bits per heavy atom. The summed E-state index contributed by atoms with van der Waals surface area (Å²) < 4.78 is 5.31. The van der Waals surface area contributed by atoms with Crippen LogP contribution in [0.4, 0.5) is 16.2 Å². The number of aliphatic imine (C=N–C) groups is 1. The number of carbonyl (C=O) groups is 3. The van der Waals surface area contributed by atoms with E-state index in [-0.39, 0.29) is 25.1 Å². The summed E-state index contributed by atoms with van der Waals surface area (Å²) in [5.74, 6) is -0.777. The summed E-state index contributed by atoms with van der Waals surface area (Å²) in [6, 6.07) is 25.7. The number of para-hydroxylation sites is 2. The van der Waals surface area contributed by atoms with Crippen LogP contribution in [0.25, 0.3) is 0 Å². The third kappa shape index (κ3) is 6.03. The first kappa shape index (κ1) is 25.6. The van der Waals surface area contributed by atoms with Gasteiger partial charge >= 0.3 is 6.09 Å². The molecule has 8 heteroatoms. The van der Waals surface area contributed by atoms with Gasteiger partial charge in [0.2, 0.25) is 12.1 Å². The number of benzene rings is 3. The van der Waals surface area contributed by atoms with Gasteiger partial charge in [-0.25, -0.2) is 4.79 Å². The highest BCUT2D eigenvalue weighted by Crippen LogP contribution is 2.26. The summed E-state index contributed by atoms with van der Waals surface area (Å²) in [5, 5.41) is 2.57. The molecule has 1 aliphatic rings. The van der Waals surface area contributed by atoms with Gasteiger partial charge in [-0.1, -0.05) is 66.7 Å². The zero-order valence-electron chi connectivity index (χ0n) is 21.1. The zero-order chi connectivity index (χ0) is 26.4. The molecule has 0 bridgehead atoms. The molecule has 0 saturated heterocycles. The maximum atomic E-state index is 13.7. The molecule has 0 saturated carbocycles. The van der Waals surface area contributed by atoms with E-state index in [9.17, 15) is 14.4 Å². The number of rotatable bonds is 7. The Morgan fingerprint density at radius 1 is 0.973 bits per heavy atom. The second kappa shape index (κ2) is 11.5. The fraction of sp³-hybridized carbons (Fsp3) is 0.241. The number of hydrogen-bond acceptors (Lipinski definition) is 5. The van der Waals surface area contributed by atoms with Crippen LogP contribution in [0.2, 0.25) is 0 Å². The topological polar surface area (TPSA) is 91.3 Å². The van der Waals surface area contributed by atoms with Crippen LogP contribution in [-0.2, 0) is 20.9 Å². The molecule has 8 nitrogen and oxygen atoms in total. The second-order valence-electron chi connectivity index (χ2n) is 8.96. The Labute approximate surface area is 216 Å². The number of hydrogen-bond donors (Lipinski definition) is 1. The van der Waals surface area contributed by atoms with Gasteiger partial charge in [0.25, 0.3) is 5.91 Å². The largest absolute Gasteiger partial charge is 0.445 e. The molecule has 1 N–H and O–H groups in total. The van der Waals surface area contributed by atoms with Crippen molar-refractivity contribution < 1.29 is 19.1 Å². The van der Waals surface area contributed by atoms with Crippen LogP contribution in [0.15, 0.2) is 89.9 Å². The van der Waals surface area contributed by atoms with Crippen molar-refractivity contribution in [2.75, 3.05) is 16.3 Å². The van der Waals surface area contributed by atoms with E-state index in [2.05, 4.69) is 10.3 Å². The van der Waals surface area contributed by atoms with Gasteiger partial charge in [0, 0.05) is 23.0 Å². The van der Waals surface area contributed by atoms with E-state index in [1.54, 1.807) is 24.0 Å². The number of anilines is 2. The molecule has 1 aliphatic heterocycles. The summed E-state index contributed by atoms with van der Waals surface area (Å²) >= 11 is 0. The second-order valence-corrected chi connectivity index (χ2v) is 8.96. The van der Waals surface area contributed by atoms with Crippen LogP contribution in [0.3, 0.4) is 0 Å². The van der Waals surface area contributed by atoms with Crippen molar-refractivity contribution in [1.82, 2.24) is 5.32 Å². The van der Waals surface area contributed by atoms with E-state index in [1.807, 2.05) is 86.6 Å². The normalized spacial score (nSPS) is 14.9. The molecule has 0 radical (unpaired) electrons. The van der Waals surface area contributed by atoms with E-state index in [4.69, 9.17) is 4.74 Å². The summed E-state index contributed by atoms with van der Waals surface area (Å²) in [7, 11) is 0. The molecule has 37 heavy (non-hydrogen) atoms. The molecule has 1 atom stereocenters. The zero-order valence-corrected chi connectivity index (χ0v) is 21.1. The van der Waals surface area contributed by atoms with Gasteiger partial charge in [-0.3, -0.25) is 24.8 Å². The maximum absolute atomic E-state index is 13.7. The number of amides is 3. The summed E-state index contributed by atoms with van der Waals surface area (Å²) in [4.78, 5) is 47.4. The molecule has 3 aromatic rings. The van der Waals surface area contributed by atoms with E-state index in [0.29, 0.717) is 17.0 Å². The molecule has 190 valence electrons. The Morgan fingerprint density at radius 3 is 2.27 bits per heavy atom. The van der Waals surface area contributed by atoms with Crippen molar-refractivity contribution in [3.05, 3.63) is 96.1 Å². The van der Waals surface area contributed by atoms with Crippen molar-refractivity contribution in [3.63, 3.8) is 0 Å². The molecule has 3 amide bonds. The third-order valence-electron chi connectivity index (χ3n) is 5.99. The summed E-state index contributed by atoms with van der Waals surface area (Å²) in [6.07, 6.45) is -2.02. The first-order valence-electron chi connectivity index (χ1n) is 12.1. The molecule has 3 aromatic carbocycles. The predicted octanol–water partition coefficient (Wildman–Crippen LogP) is 4.54. The van der Waals surface area contributed by atoms with Gasteiger partial charge in [0.1, 0.15) is 13.2 Å². The summed E-state index contributed by atoms with van der Waals surface area (Å²) in [5.41, 5.74) is 3.39. The van der Waals surface area contributed by atoms with Crippen LogP contribution in [-0.4, -0.2) is 42.4 Å². The minimum atomic E-state index is -1.24. The quantitative estimate of drug-likeness (QED) is 0.518. The van der Waals surface area contributed by atoms with Crippen molar-refractivity contribution in [3.8, 4) is 0 Å². The van der Waals surface area contributed by atoms with Gasteiger partial charge in [0.15, 0.2) is 0 Å². The van der Waals surface area contributed by atoms with Gasteiger partial charge < -0.3 is 9.64 Å². The standard InChI is InChI=1S/C29H30N4O4/c1-20(2)33(23-14-8-5-9-15-23)26(34)18-32-25-17-11-10-16-24(25)21(3)30-27(28(32)35)31-29(36)37-19-22-12-6-4-7-13-22/h4-17,20,27H,18-19H2,1-3H3,(H,31,36). The minimum Gasteiger partial charge on any atom is -0.445 e. The molecular formula is C29H30N4O4. The SMILES string of the molecule is CC1=NC(NC(=O)OCc2ccccc2)C(=O)N(CC(=O)N(c2ccccc2)C(C)C)c2ccccc21. The molecule has 4 rings (SSSR count). The van der Waals surface area contributed by atoms with Crippen molar-refractivity contribution in [2.24, 2.45) is 4.99 Å². The predicted molar refractivity (Wildman–Crippen MR) is 144 cm³/mol. The maximum Gasteiger partial charge on any atom is 0.409 e. The number of nitrogens with zero attached hydrogens (tertiary/aromatic N) is 3. The van der Waals surface area contributed by atoms with Crippen molar-refractivity contribution in [2.45, 2.75) is 39.6 Å². The molecular weight excluding hydrogens is 468 g/mol. The van der Waals surface area contributed by atoms with E-state index in [1.165, 1.54) is 4.90 Å². The number of fused-ring (bicyclic) bond motifs is 1. The summed E-state index contributed by atoms with van der Waals surface area (Å²) in [6.45, 7) is 5.45. The number of benzodiazepines with no additional fused rings is 1. The molecule has 1 heterocycles. The smallest absolute Gasteiger partial charge is 0.409 e. The van der Waals surface area contributed by atoms with Gasteiger partial charge in [-0.2, -0.15) is 0 Å². The first-order valence-corrected chi connectivity index (χ1v) is 12.1. The van der Waals surface area contributed by atoms with Gasteiger partial charge in [-0.05, 0) is 44.5 Å². The lowest BCUT2D eigenvalue weighted by Crippen LogP contribution is -2.51. The number of alkyl carbamates (subject to hydrolysis) is 1. The average molecular weight is 499 g/mol. The fourth-order valence-electron chi connectivity index (χ4n) is 4.26. The fourth-order valence-corrected chi connectivity index (χ4v) is 4.26. The van der Waals surface area contributed by atoms with E-state index >= 15 is 0 Å². The van der Waals surface area contributed by atoms with Crippen LogP contribution in [0.5, 0.6) is 0 Å². The third-order valence-corrected chi connectivity index (χ3v) is 5.99. The van der Waals surface area contributed by atoms with Crippen LogP contribution in [0, 0.1) is 0 Å². The highest BCUT2D eigenvalue weighted by molar-refractivity contribution is 6.14. The van der Waals surface area contributed by atoms with Crippen LogP contribution < -0.4 is 15.1 Å². The van der Waals surface area contributed by atoms with Gasteiger partial charge in [0.05, 0.1) is 5.69 Å².